The molecule has 0 aliphatic heterocycles. The van der Waals surface area contributed by atoms with Crippen LogP contribution in [0.1, 0.15) is 38.8 Å². The highest BCUT2D eigenvalue weighted by atomic mass is 32.1. The van der Waals surface area contributed by atoms with E-state index in [1.807, 2.05) is 0 Å². The number of rotatable bonds is 15. The van der Waals surface area contributed by atoms with Crippen molar-refractivity contribution in [3.8, 4) is 0 Å². The predicted octanol–water partition coefficient (Wildman–Crippen LogP) is -1.47. The molecule has 4 unspecified atom stereocenters. The molecule has 0 aliphatic carbocycles. The monoisotopic (exact) mass is 485 g/mol. The van der Waals surface area contributed by atoms with Crippen molar-refractivity contribution in [3.63, 3.8) is 0 Å². The van der Waals surface area contributed by atoms with Crippen LogP contribution in [0.4, 0.5) is 0 Å². The van der Waals surface area contributed by atoms with Crippen LogP contribution in [0.5, 0.6) is 0 Å². The number of aromatic nitrogens is 2. The molecule has 3 amide bonds. The fourth-order valence-corrected chi connectivity index (χ4v) is 3.24. The fraction of sp³-hybridized carbons (Fsp3) is 0.650. The third kappa shape index (κ3) is 9.80. The van der Waals surface area contributed by atoms with Gasteiger partial charge in [-0.05, 0) is 25.3 Å². The Labute approximate surface area is 198 Å². The number of H-pyrrole nitrogens is 1. The van der Waals surface area contributed by atoms with Crippen LogP contribution in [0.2, 0.25) is 0 Å². The van der Waals surface area contributed by atoms with Crippen molar-refractivity contribution in [3.05, 3.63) is 18.2 Å². The van der Waals surface area contributed by atoms with Crippen LogP contribution in [0.25, 0.3) is 0 Å². The predicted molar refractivity (Wildman–Crippen MR) is 125 cm³/mol. The zero-order valence-electron chi connectivity index (χ0n) is 18.9. The van der Waals surface area contributed by atoms with Gasteiger partial charge in [0.1, 0.15) is 18.1 Å². The normalized spacial score (nSPS) is 14.7. The molecule has 1 rings (SSSR count). The number of hydrogen-bond donors (Lipinski definition) is 8. The van der Waals surface area contributed by atoms with E-state index in [0.29, 0.717) is 25.1 Å². The average Bonchev–Trinajstić information content (AvgIpc) is 3.27. The molecular formula is C20H35N7O5S. The summed E-state index contributed by atoms with van der Waals surface area (Å²) in [6, 6.07) is -4.06. The average molecular weight is 486 g/mol. The van der Waals surface area contributed by atoms with E-state index in [9.17, 15) is 24.3 Å². The van der Waals surface area contributed by atoms with Gasteiger partial charge in [-0.2, -0.15) is 12.6 Å². The summed E-state index contributed by atoms with van der Waals surface area (Å²) in [5, 5.41) is 17.0. The maximum Gasteiger partial charge on any atom is 0.326 e. The zero-order valence-corrected chi connectivity index (χ0v) is 19.8. The number of carbonyl (C=O) groups is 4. The molecule has 1 aromatic rings. The van der Waals surface area contributed by atoms with Gasteiger partial charge in [-0.15, -0.1) is 0 Å². The molecule has 0 saturated heterocycles. The van der Waals surface area contributed by atoms with Gasteiger partial charge in [-0.25, -0.2) is 9.78 Å². The minimum absolute atomic E-state index is 0.0129. The molecule has 186 valence electrons. The van der Waals surface area contributed by atoms with E-state index in [4.69, 9.17) is 11.5 Å². The van der Waals surface area contributed by atoms with Crippen LogP contribution in [-0.4, -0.2) is 75.2 Å². The Morgan fingerprint density at radius 3 is 2.27 bits per heavy atom. The first-order valence-corrected chi connectivity index (χ1v) is 11.4. The van der Waals surface area contributed by atoms with Crippen molar-refractivity contribution in [1.82, 2.24) is 25.9 Å². The Hall–Kier alpha value is -2.64. The minimum atomic E-state index is -1.24. The van der Waals surface area contributed by atoms with Crippen LogP contribution in [0.3, 0.4) is 0 Å². The first kappa shape index (κ1) is 28.4. The standard InChI is InChI=1S/C20H35N7O5S/c1-11(2)16(27-17(28)13(22)5-3-4-6-21)19(30)26-15(9-33)18(29)25-14(20(31)32)7-12-8-23-10-24-12/h8,10-11,13-16,33H,3-7,9,21-22H2,1-2H3,(H,23,24)(H,25,29)(H,26,30)(H,27,28)(H,31,32). The molecule has 0 fully saturated rings. The van der Waals surface area contributed by atoms with Crippen LogP contribution < -0.4 is 27.4 Å². The molecule has 1 aromatic heterocycles. The lowest BCUT2D eigenvalue weighted by Gasteiger charge is -2.26. The lowest BCUT2D eigenvalue weighted by atomic mass is 10.0. The van der Waals surface area contributed by atoms with Gasteiger partial charge in [0, 0.05) is 24.1 Å². The van der Waals surface area contributed by atoms with Gasteiger partial charge < -0.3 is 37.5 Å². The lowest BCUT2D eigenvalue weighted by Crippen LogP contribution is -2.59. The molecule has 1 heterocycles. The summed E-state index contributed by atoms with van der Waals surface area (Å²) in [5.74, 6) is -3.39. The van der Waals surface area contributed by atoms with Gasteiger partial charge in [0.2, 0.25) is 17.7 Å². The molecule has 12 nitrogen and oxygen atoms in total. The first-order valence-electron chi connectivity index (χ1n) is 10.8. The number of nitrogens with two attached hydrogens (primary N) is 2. The SMILES string of the molecule is CC(C)C(NC(=O)C(N)CCCCN)C(=O)NC(CS)C(=O)NC(Cc1cnc[nH]1)C(=O)O. The van der Waals surface area contributed by atoms with E-state index in [-0.39, 0.29) is 18.1 Å². The number of unbranched alkanes of at least 4 members (excludes halogenated alkanes) is 1. The molecule has 0 radical (unpaired) electrons. The number of hydrogen-bond acceptors (Lipinski definition) is 8. The van der Waals surface area contributed by atoms with Crippen LogP contribution in [0, 0.1) is 5.92 Å². The van der Waals surface area contributed by atoms with Crippen molar-refractivity contribution in [2.24, 2.45) is 17.4 Å². The molecule has 13 heteroatoms. The Balaban J connectivity index is 2.76. The number of thiol groups is 1. The summed E-state index contributed by atoms with van der Waals surface area (Å²) in [6.45, 7) is 3.99. The van der Waals surface area contributed by atoms with E-state index in [1.54, 1.807) is 13.8 Å². The second kappa shape index (κ2) is 14.5. The van der Waals surface area contributed by atoms with E-state index >= 15 is 0 Å². The van der Waals surface area contributed by atoms with Crippen LogP contribution in [-0.2, 0) is 25.6 Å². The van der Waals surface area contributed by atoms with Gasteiger partial charge >= 0.3 is 5.97 Å². The second-order valence-electron chi connectivity index (χ2n) is 8.05. The Kier molecular flexibility index (Phi) is 12.5. The molecule has 33 heavy (non-hydrogen) atoms. The van der Waals surface area contributed by atoms with E-state index in [0.717, 1.165) is 6.42 Å². The Morgan fingerprint density at radius 1 is 1.09 bits per heavy atom. The van der Waals surface area contributed by atoms with Crippen molar-refractivity contribution >= 4 is 36.3 Å². The van der Waals surface area contributed by atoms with Gasteiger partial charge in [0.15, 0.2) is 0 Å². The summed E-state index contributed by atoms with van der Waals surface area (Å²) in [5.41, 5.74) is 11.9. The number of carboxylic acids is 1. The quantitative estimate of drug-likeness (QED) is 0.108. The zero-order chi connectivity index (χ0) is 25.0. The summed E-state index contributed by atoms with van der Waals surface area (Å²) >= 11 is 4.11. The van der Waals surface area contributed by atoms with Crippen LogP contribution in [0.15, 0.2) is 12.5 Å². The largest absolute Gasteiger partial charge is 0.480 e. The minimum Gasteiger partial charge on any atom is -0.480 e. The third-order valence-electron chi connectivity index (χ3n) is 4.96. The highest BCUT2D eigenvalue weighted by Crippen LogP contribution is 2.06. The second-order valence-corrected chi connectivity index (χ2v) is 8.41. The number of amides is 3. The number of carboxylic acid groups (broad SMARTS) is 1. The van der Waals surface area contributed by atoms with Gasteiger partial charge in [-0.3, -0.25) is 14.4 Å². The molecule has 9 N–H and O–H groups in total. The topological polar surface area (TPSA) is 205 Å². The summed E-state index contributed by atoms with van der Waals surface area (Å²) in [7, 11) is 0. The van der Waals surface area contributed by atoms with Gasteiger partial charge in [0.25, 0.3) is 0 Å². The molecule has 0 saturated carbocycles. The number of carbonyl (C=O) groups excluding carboxylic acids is 3. The van der Waals surface area contributed by atoms with Crippen molar-refractivity contribution in [2.75, 3.05) is 12.3 Å². The van der Waals surface area contributed by atoms with Crippen LogP contribution >= 0.6 is 12.6 Å². The summed E-state index contributed by atoms with van der Waals surface area (Å²) < 4.78 is 0. The molecule has 4 atom stereocenters. The maximum atomic E-state index is 12.8. The number of aromatic amines is 1. The molecule has 0 spiro atoms. The summed E-state index contributed by atoms with van der Waals surface area (Å²) in [6.07, 6.45) is 4.71. The highest BCUT2D eigenvalue weighted by Gasteiger charge is 2.31. The fourth-order valence-electron chi connectivity index (χ4n) is 2.98. The summed E-state index contributed by atoms with van der Waals surface area (Å²) in [4.78, 5) is 56.0. The van der Waals surface area contributed by atoms with Gasteiger partial charge in [0.05, 0.1) is 12.4 Å². The molecular weight excluding hydrogens is 450 g/mol. The van der Waals surface area contributed by atoms with Crippen molar-refractivity contribution in [2.45, 2.75) is 63.7 Å². The Morgan fingerprint density at radius 2 is 1.76 bits per heavy atom. The van der Waals surface area contributed by atoms with Crippen molar-refractivity contribution in [1.29, 1.82) is 0 Å². The van der Waals surface area contributed by atoms with Gasteiger partial charge in [-0.1, -0.05) is 20.3 Å². The molecule has 0 aromatic carbocycles. The van der Waals surface area contributed by atoms with E-state index < -0.39 is 47.9 Å². The van der Waals surface area contributed by atoms with E-state index in [1.165, 1.54) is 12.5 Å². The highest BCUT2D eigenvalue weighted by molar-refractivity contribution is 7.80. The van der Waals surface area contributed by atoms with E-state index in [2.05, 4.69) is 38.5 Å². The first-order chi connectivity index (χ1) is 15.6. The number of imidazole rings is 1. The number of nitrogens with one attached hydrogen (secondary N) is 4. The smallest absolute Gasteiger partial charge is 0.326 e. The molecule has 0 aliphatic rings. The third-order valence-corrected chi connectivity index (χ3v) is 5.33. The lowest BCUT2D eigenvalue weighted by molar-refractivity contribution is -0.142. The number of aliphatic carboxylic acids is 1. The Bertz CT molecular complexity index is 775. The number of nitrogens with zero attached hydrogens (tertiary/aromatic N) is 1. The maximum absolute atomic E-state index is 12.8. The molecule has 0 bridgehead atoms. The van der Waals surface area contributed by atoms with Crippen molar-refractivity contribution < 1.29 is 24.3 Å².